The van der Waals surface area contributed by atoms with Crippen LogP contribution in [0, 0.1) is 17.8 Å². The van der Waals surface area contributed by atoms with E-state index in [2.05, 4.69) is 51.8 Å². The lowest BCUT2D eigenvalue weighted by Crippen LogP contribution is -2.35. The molecule has 0 aliphatic heterocycles. The summed E-state index contributed by atoms with van der Waals surface area (Å²) in [6, 6.07) is 2.76. The van der Waals surface area contributed by atoms with E-state index in [9.17, 15) is 0 Å². The SMILES string of the molecule is CC(NCc1sccc1Br)C1CC2C=CC1C2. The van der Waals surface area contributed by atoms with Crippen LogP contribution in [0.25, 0.3) is 0 Å². The molecule has 17 heavy (non-hydrogen) atoms. The summed E-state index contributed by atoms with van der Waals surface area (Å²) in [4.78, 5) is 1.41. The highest BCUT2D eigenvalue weighted by molar-refractivity contribution is 9.10. The molecule has 4 unspecified atom stereocenters. The summed E-state index contributed by atoms with van der Waals surface area (Å²) in [5.74, 6) is 2.57. The van der Waals surface area contributed by atoms with E-state index in [1.807, 2.05) is 11.3 Å². The maximum Gasteiger partial charge on any atom is 0.0327 e. The van der Waals surface area contributed by atoms with E-state index >= 15 is 0 Å². The average Bonchev–Trinajstić information content (AvgIpc) is 3.01. The monoisotopic (exact) mass is 311 g/mol. The van der Waals surface area contributed by atoms with Gasteiger partial charge in [0.15, 0.2) is 0 Å². The van der Waals surface area contributed by atoms with Crippen LogP contribution in [0.3, 0.4) is 0 Å². The second-order valence-electron chi connectivity index (χ2n) is 5.31. The molecular weight excluding hydrogens is 294 g/mol. The molecule has 3 rings (SSSR count). The van der Waals surface area contributed by atoms with E-state index in [1.54, 1.807) is 0 Å². The van der Waals surface area contributed by atoms with Crippen LogP contribution in [0.2, 0.25) is 0 Å². The zero-order valence-electron chi connectivity index (χ0n) is 10.0. The lowest BCUT2D eigenvalue weighted by molar-refractivity contribution is 0.327. The molecule has 1 saturated carbocycles. The number of hydrogen-bond donors (Lipinski definition) is 1. The van der Waals surface area contributed by atoms with Crippen LogP contribution in [0.15, 0.2) is 28.1 Å². The first-order chi connectivity index (χ1) is 8.24. The van der Waals surface area contributed by atoms with Crippen molar-refractivity contribution in [2.24, 2.45) is 17.8 Å². The van der Waals surface area contributed by atoms with E-state index in [4.69, 9.17) is 0 Å². The molecule has 3 heteroatoms. The minimum atomic E-state index is 0.629. The second kappa shape index (κ2) is 4.87. The smallest absolute Gasteiger partial charge is 0.0327 e. The first-order valence-corrected chi connectivity index (χ1v) is 8.05. The van der Waals surface area contributed by atoms with Crippen molar-refractivity contribution in [2.45, 2.75) is 32.4 Å². The summed E-state index contributed by atoms with van der Waals surface area (Å²) in [5.41, 5.74) is 0. The molecule has 0 saturated heterocycles. The van der Waals surface area contributed by atoms with Gasteiger partial charge in [-0.3, -0.25) is 0 Å². The maximum atomic E-state index is 3.70. The fourth-order valence-electron chi connectivity index (χ4n) is 3.25. The molecule has 0 aromatic carbocycles. The van der Waals surface area contributed by atoms with Crippen LogP contribution in [0.4, 0.5) is 0 Å². The highest BCUT2D eigenvalue weighted by Gasteiger charge is 2.38. The van der Waals surface area contributed by atoms with E-state index < -0.39 is 0 Å². The van der Waals surface area contributed by atoms with Gasteiger partial charge in [0, 0.05) is 21.9 Å². The van der Waals surface area contributed by atoms with Gasteiger partial charge in [0.25, 0.3) is 0 Å². The molecule has 1 heterocycles. The summed E-state index contributed by atoms with van der Waals surface area (Å²) in [5, 5.41) is 5.84. The van der Waals surface area contributed by atoms with Gasteiger partial charge in [-0.2, -0.15) is 0 Å². The molecule has 4 atom stereocenters. The standard InChI is InChI=1S/C14H18BrNS/c1-9(12-7-10-2-3-11(12)6-10)16-8-14-13(15)4-5-17-14/h2-5,9-12,16H,6-8H2,1H3. The molecular formula is C14H18BrNS. The predicted octanol–water partition coefficient (Wildman–Crippen LogP) is 4.20. The van der Waals surface area contributed by atoms with Crippen molar-refractivity contribution in [1.82, 2.24) is 5.32 Å². The molecule has 0 amide bonds. The van der Waals surface area contributed by atoms with Crippen molar-refractivity contribution in [2.75, 3.05) is 0 Å². The molecule has 1 aromatic rings. The third-order valence-corrected chi connectivity index (χ3v) is 6.17. The molecule has 1 N–H and O–H groups in total. The van der Waals surface area contributed by atoms with Crippen LogP contribution in [-0.2, 0) is 6.54 Å². The zero-order valence-corrected chi connectivity index (χ0v) is 12.4. The Hall–Kier alpha value is -0.120. The van der Waals surface area contributed by atoms with Crippen molar-refractivity contribution in [3.63, 3.8) is 0 Å². The van der Waals surface area contributed by atoms with Crippen molar-refractivity contribution >= 4 is 27.3 Å². The fraction of sp³-hybridized carbons (Fsp3) is 0.571. The van der Waals surface area contributed by atoms with Crippen LogP contribution in [-0.4, -0.2) is 6.04 Å². The topological polar surface area (TPSA) is 12.0 Å². The summed E-state index contributed by atoms with van der Waals surface area (Å²) in [6.07, 6.45) is 7.65. The molecule has 92 valence electrons. The lowest BCUT2D eigenvalue weighted by atomic mass is 9.87. The predicted molar refractivity (Wildman–Crippen MR) is 77.2 cm³/mol. The van der Waals surface area contributed by atoms with Crippen molar-refractivity contribution in [3.8, 4) is 0 Å². The van der Waals surface area contributed by atoms with Gasteiger partial charge < -0.3 is 5.32 Å². The molecule has 1 nitrogen and oxygen atoms in total. The largest absolute Gasteiger partial charge is 0.309 e. The zero-order chi connectivity index (χ0) is 11.8. The highest BCUT2D eigenvalue weighted by atomic mass is 79.9. The summed E-state index contributed by atoms with van der Waals surface area (Å²) in [6.45, 7) is 3.34. The Balaban J connectivity index is 1.56. The lowest BCUT2D eigenvalue weighted by Gasteiger charge is -2.26. The number of allylic oxidation sites excluding steroid dienone is 2. The molecule has 2 bridgehead atoms. The van der Waals surface area contributed by atoms with E-state index in [1.165, 1.54) is 22.2 Å². The Bertz CT molecular complexity index is 426. The quantitative estimate of drug-likeness (QED) is 0.822. The third-order valence-electron chi connectivity index (χ3n) is 4.25. The number of halogens is 1. The van der Waals surface area contributed by atoms with Crippen molar-refractivity contribution in [3.05, 3.63) is 32.9 Å². The van der Waals surface area contributed by atoms with Crippen LogP contribution < -0.4 is 5.32 Å². The Morgan fingerprint density at radius 1 is 1.47 bits per heavy atom. The molecule has 1 fully saturated rings. The highest BCUT2D eigenvalue weighted by Crippen LogP contribution is 2.44. The molecule has 2 aliphatic carbocycles. The fourth-order valence-corrected chi connectivity index (χ4v) is 4.70. The molecule has 0 spiro atoms. The Morgan fingerprint density at radius 2 is 2.35 bits per heavy atom. The Kier molecular flexibility index (Phi) is 3.42. The second-order valence-corrected chi connectivity index (χ2v) is 7.16. The first-order valence-electron chi connectivity index (χ1n) is 6.37. The van der Waals surface area contributed by atoms with Gasteiger partial charge in [-0.05, 0) is 64.9 Å². The van der Waals surface area contributed by atoms with Gasteiger partial charge in [-0.15, -0.1) is 11.3 Å². The van der Waals surface area contributed by atoms with Crippen molar-refractivity contribution in [1.29, 1.82) is 0 Å². The number of fused-ring (bicyclic) bond motifs is 2. The normalized spacial score (nSPS) is 32.2. The molecule has 1 aromatic heterocycles. The van der Waals surface area contributed by atoms with Gasteiger partial charge >= 0.3 is 0 Å². The number of rotatable bonds is 4. The Morgan fingerprint density at radius 3 is 2.94 bits per heavy atom. The Labute approximate surface area is 115 Å². The van der Waals surface area contributed by atoms with Gasteiger partial charge in [0.2, 0.25) is 0 Å². The van der Waals surface area contributed by atoms with Gasteiger partial charge in [-0.25, -0.2) is 0 Å². The number of thiophene rings is 1. The maximum absolute atomic E-state index is 3.70. The number of hydrogen-bond acceptors (Lipinski definition) is 2. The van der Waals surface area contributed by atoms with E-state index in [-0.39, 0.29) is 0 Å². The van der Waals surface area contributed by atoms with E-state index in [0.717, 1.165) is 24.3 Å². The first kappa shape index (κ1) is 11.9. The molecule has 0 radical (unpaired) electrons. The van der Waals surface area contributed by atoms with Crippen LogP contribution >= 0.6 is 27.3 Å². The third kappa shape index (κ3) is 2.38. The molecule has 2 aliphatic rings. The average molecular weight is 312 g/mol. The van der Waals surface area contributed by atoms with Gasteiger partial charge in [0.05, 0.1) is 0 Å². The van der Waals surface area contributed by atoms with Crippen molar-refractivity contribution < 1.29 is 0 Å². The van der Waals surface area contributed by atoms with E-state index in [0.29, 0.717) is 6.04 Å². The number of nitrogens with one attached hydrogen (secondary N) is 1. The van der Waals surface area contributed by atoms with Gasteiger partial charge in [0.1, 0.15) is 0 Å². The summed E-state index contributed by atoms with van der Waals surface area (Å²) >= 11 is 5.42. The minimum absolute atomic E-state index is 0.629. The minimum Gasteiger partial charge on any atom is -0.309 e. The summed E-state index contributed by atoms with van der Waals surface area (Å²) < 4.78 is 1.25. The van der Waals surface area contributed by atoms with Crippen LogP contribution in [0.5, 0.6) is 0 Å². The van der Waals surface area contributed by atoms with Crippen LogP contribution in [0.1, 0.15) is 24.6 Å². The summed E-state index contributed by atoms with van der Waals surface area (Å²) in [7, 11) is 0. The van der Waals surface area contributed by atoms with Gasteiger partial charge in [-0.1, -0.05) is 12.2 Å².